The van der Waals surface area contributed by atoms with Crippen LogP contribution in [-0.2, 0) is 0 Å². The lowest BCUT2D eigenvalue weighted by Gasteiger charge is -2.29. The molecule has 3 aromatic rings. The Bertz CT molecular complexity index is 893. The van der Waals surface area contributed by atoms with Gasteiger partial charge in [-0.05, 0) is 24.3 Å². The molecule has 2 aromatic heterocycles. The maximum Gasteiger partial charge on any atom is 0.255 e. The van der Waals surface area contributed by atoms with Crippen LogP contribution in [0.2, 0.25) is 0 Å². The van der Waals surface area contributed by atoms with Crippen LogP contribution in [0.3, 0.4) is 0 Å². The minimum Gasteiger partial charge on any atom is -0.486 e. The number of para-hydroxylation sites is 2. The van der Waals surface area contributed by atoms with E-state index in [1.807, 2.05) is 24.3 Å². The summed E-state index contributed by atoms with van der Waals surface area (Å²) >= 11 is 0. The Morgan fingerprint density at radius 3 is 2.85 bits per heavy atom. The van der Waals surface area contributed by atoms with Crippen LogP contribution >= 0.6 is 0 Å². The van der Waals surface area contributed by atoms with E-state index in [1.54, 1.807) is 53.6 Å². The number of hydrogen-bond acceptors (Lipinski definition) is 5. The average molecular weight is 350 g/mol. The fraction of sp³-hybridized carbons (Fsp3) is 0.211. The van der Waals surface area contributed by atoms with Crippen LogP contribution in [-0.4, -0.2) is 51.6 Å². The largest absolute Gasteiger partial charge is 0.486 e. The van der Waals surface area contributed by atoms with E-state index in [0.717, 1.165) is 5.75 Å². The van der Waals surface area contributed by atoms with Crippen LogP contribution in [0.5, 0.6) is 11.5 Å². The molecule has 7 nitrogen and oxygen atoms in total. The van der Waals surface area contributed by atoms with Crippen molar-refractivity contribution in [3.8, 4) is 17.3 Å². The molecule has 26 heavy (non-hydrogen) atoms. The Labute approximate surface area is 150 Å². The van der Waals surface area contributed by atoms with E-state index in [2.05, 4.69) is 9.97 Å². The number of benzene rings is 1. The fourth-order valence-corrected chi connectivity index (χ4v) is 2.82. The van der Waals surface area contributed by atoms with Gasteiger partial charge in [-0.1, -0.05) is 12.1 Å². The van der Waals surface area contributed by atoms with E-state index in [0.29, 0.717) is 30.3 Å². The minimum atomic E-state index is -0.211. The van der Waals surface area contributed by atoms with Crippen LogP contribution in [0.15, 0.2) is 61.3 Å². The topological polar surface area (TPSA) is 69.5 Å². The van der Waals surface area contributed by atoms with Crippen LogP contribution < -0.4 is 9.47 Å². The number of imidazole rings is 1. The molecule has 4 rings (SSSR count). The monoisotopic (exact) mass is 350 g/mol. The van der Waals surface area contributed by atoms with E-state index in [1.165, 1.54) is 0 Å². The van der Waals surface area contributed by atoms with Crippen molar-refractivity contribution in [3.63, 3.8) is 0 Å². The summed E-state index contributed by atoms with van der Waals surface area (Å²) in [6, 6.07) is 11.1. The first kappa shape index (κ1) is 16.1. The lowest BCUT2D eigenvalue weighted by atomic mass is 10.2. The number of rotatable bonds is 4. The van der Waals surface area contributed by atoms with Crippen molar-refractivity contribution in [1.82, 2.24) is 19.4 Å². The molecule has 0 fully saturated rings. The smallest absolute Gasteiger partial charge is 0.255 e. The second-order valence-electron chi connectivity index (χ2n) is 6.06. The number of carbonyl (C=O) groups is 1. The molecule has 1 atom stereocenters. The molecule has 132 valence electrons. The molecule has 0 radical (unpaired) electrons. The molecule has 0 saturated carbocycles. The Kier molecular flexibility index (Phi) is 4.27. The second-order valence-corrected chi connectivity index (χ2v) is 6.06. The normalized spacial score (nSPS) is 15.5. The van der Waals surface area contributed by atoms with Crippen molar-refractivity contribution >= 4 is 5.91 Å². The lowest BCUT2D eigenvalue weighted by Crippen LogP contribution is -2.41. The molecule has 0 unspecified atom stereocenters. The van der Waals surface area contributed by atoms with Crippen molar-refractivity contribution in [2.24, 2.45) is 0 Å². The third-order valence-electron chi connectivity index (χ3n) is 4.16. The summed E-state index contributed by atoms with van der Waals surface area (Å²) < 4.78 is 13.4. The second kappa shape index (κ2) is 6.87. The van der Waals surface area contributed by atoms with Crippen LogP contribution in [0.1, 0.15) is 10.4 Å². The standard InChI is InChI=1S/C19H18N4O3/c1-22(11-15-12-25-16-4-2-3-5-17(16)26-15)19(24)14-6-7-18(21-10-14)23-9-8-20-13-23/h2-10,13,15H,11-12H2,1H3/t15-/m0/s1. The predicted molar refractivity (Wildman–Crippen MR) is 94.7 cm³/mol. The molecular formula is C19H18N4O3. The molecule has 0 spiro atoms. The molecule has 0 saturated heterocycles. The minimum absolute atomic E-state index is 0.114. The van der Waals surface area contributed by atoms with Gasteiger partial charge in [0.05, 0.1) is 12.1 Å². The van der Waals surface area contributed by atoms with Crippen LogP contribution in [0.25, 0.3) is 5.82 Å². The van der Waals surface area contributed by atoms with Crippen LogP contribution in [0.4, 0.5) is 0 Å². The number of aromatic nitrogens is 3. The highest BCUT2D eigenvalue weighted by atomic mass is 16.6. The van der Waals surface area contributed by atoms with Gasteiger partial charge in [0.1, 0.15) is 18.8 Å². The molecular weight excluding hydrogens is 332 g/mol. The van der Waals surface area contributed by atoms with Gasteiger partial charge in [0.15, 0.2) is 17.6 Å². The van der Waals surface area contributed by atoms with E-state index in [9.17, 15) is 4.79 Å². The third-order valence-corrected chi connectivity index (χ3v) is 4.16. The maximum absolute atomic E-state index is 12.6. The Balaban J connectivity index is 1.40. The molecule has 0 bridgehead atoms. The zero-order chi connectivity index (χ0) is 17.9. The van der Waals surface area contributed by atoms with Crippen molar-refractivity contribution < 1.29 is 14.3 Å². The highest BCUT2D eigenvalue weighted by Gasteiger charge is 2.24. The van der Waals surface area contributed by atoms with Crippen molar-refractivity contribution in [2.45, 2.75) is 6.10 Å². The summed E-state index contributed by atoms with van der Waals surface area (Å²) in [5.41, 5.74) is 0.522. The van der Waals surface area contributed by atoms with E-state index < -0.39 is 0 Å². The number of fused-ring (bicyclic) bond motifs is 1. The van der Waals surface area contributed by atoms with Gasteiger partial charge in [-0.2, -0.15) is 0 Å². The number of likely N-dealkylation sites (N-methyl/N-ethyl adjacent to an activating group) is 1. The quantitative estimate of drug-likeness (QED) is 0.721. The summed E-state index contributed by atoms with van der Waals surface area (Å²) in [7, 11) is 1.75. The summed E-state index contributed by atoms with van der Waals surface area (Å²) in [6.07, 6.45) is 6.50. The van der Waals surface area contributed by atoms with E-state index in [-0.39, 0.29) is 12.0 Å². The van der Waals surface area contributed by atoms with Gasteiger partial charge in [0.2, 0.25) is 0 Å². The third kappa shape index (κ3) is 3.23. The molecule has 1 aliphatic rings. The predicted octanol–water partition coefficient (Wildman–Crippen LogP) is 2.18. The number of carbonyl (C=O) groups excluding carboxylic acids is 1. The van der Waals surface area contributed by atoms with Crippen molar-refractivity contribution in [3.05, 3.63) is 66.9 Å². The summed E-state index contributed by atoms with van der Waals surface area (Å²) in [4.78, 5) is 22.6. The van der Waals surface area contributed by atoms with Gasteiger partial charge in [0, 0.05) is 25.6 Å². The van der Waals surface area contributed by atoms with E-state index >= 15 is 0 Å². The van der Waals surface area contributed by atoms with Gasteiger partial charge in [0.25, 0.3) is 5.91 Å². The van der Waals surface area contributed by atoms with Crippen molar-refractivity contribution in [2.75, 3.05) is 20.2 Å². The van der Waals surface area contributed by atoms with Crippen LogP contribution in [0, 0.1) is 0 Å². The Morgan fingerprint density at radius 2 is 2.12 bits per heavy atom. The first-order valence-corrected chi connectivity index (χ1v) is 8.29. The SMILES string of the molecule is CN(C[C@H]1COc2ccccc2O1)C(=O)c1ccc(-n2ccnc2)nc1. The molecule has 1 aliphatic heterocycles. The fourth-order valence-electron chi connectivity index (χ4n) is 2.82. The summed E-state index contributed by atoms with van der Waals surface area (Å²) in [5, 5.41) is 0. The maximum atomic E-state index is 12.6. The average Bonchev–Trinajstić information content (AvgIpc) is 3.22. The number of pyridine rings is 1. The Hall–Kier alpha value is -3.35. The zero-order valence-electron chi connectivity index (χ0n) is 14.3. The first-order valence-electron chi connectivity index (χ1n) is 8.29. The lowest BCUT2D eigenvalue weighted by molar-refractivity contribution is 0.0520. The van der Waals surface area contributed by atoms with Gasteiger partial charge in [-0.3, -0.25) is 9.36 Å². The van der Waals surface area contributed by atoms with E-state index in [4.69, 9.17) is 9.47 Å². The number of amides is 1. The van der Waals surface area contributed by atoms with Gasteiger partial charge in [-0.15, -0.1) is 0 Å². The summed E-state index contributed by atoms with van der Waals surface area (Å²) in [5.74, 6) is 2.03. The number of hydrogen-bond donors (Lipinski definition) is 0. The number of ether oxygens (including phenoxy) is 2. The summed E-state index contributed by atoms with van der Waals surface area (Å²) in [6.45, 7) is 0.836. The zero-order valence-corrected chi connectivity index (χ0v) is 14.3. The molecule has 7 heteroatoms. The molecule has 0 N–H and O–H groups in total. The van der Waals surface area contributed by atoms with Gasteiger partial charge < -0.3 is 14.4 Å². The molecule has 0 aliphatic carbocycles. The van der Waals surface area contributed by atoms with Gasteiger partial charge >= 0.3 is 0 Å². The van der Waals surface area contributed by atoms with Gasteiger partial charge in [-0.25, -0.2) is 9.97 Å². The molecule has 1 amide bonds. The van der Waals surface area contributed by atoms with Crippen molar-refractivity contribution in [1.29, 1.82) is 0 Å². The molecule has 1 aromatic carbocycles. The number of nitrogens with zero attached hydrogens (tertiary/aromatic N) is 4. The highest BCUT2D eigenvalue weighted by molar-refractivity contribution is 5.93. The highest BCUT2D eigenvalue weighted by Crippen LogP contribution is 2.31. The molecule has 3 heterocycles. The first-order chi connectivity index (χ1) is 12.7. The Morgan fingerprint density at radius 1 is 1.27 bits per heavy atom.